The largest absolute Gasteiger partial charge is 0.381 e. The Bertz CT molecular complexity index is 75.0. The first-order valence-corrected chi connectivity index (χ1v) is 3.66. The van der Waals surface area contributed by atoms with Crippen molar-refractivity contribution in [1.82, 2.24) is 0 Å². The molecule has 2 N–H and O–H groups in total. The van der Waals surface area contributed by atoms with Gasteiger partial charge in [-0.05, 0) is 18.4 Å². The summed E-state index contributed by atoms with van der Waals surface area (Å²) in [6.07, 6.45) is 1.21. The Kier molecular flexibility index (Phi) is 2.49. The van der Waals surface area contributed by atoms with Crippen LogP contribution in [0.4, 0.5) is 0 Å². The maximum atomic E-state index is 5.52. The van der Waals surface area contributed by atoms with Crippen molar-refractivity contribution in [2.45, 2.75) is 13.3 Å². The highest BCUT2D eigenvalue weighted by molar-refractivity contribution is 4.74. The highest BCUT2D eigenvalue weighted by Crippen LogP contribution is 2.21. The van der Waals surface area contributed by atoms with Crippen LogP contribution in [0.15, 0.2) is 0 Å². The zero-order valence-electron chi connectivity index (χ0n) is 5.97. The molecule has 0 aromatic heterocycles. The van der Waals surface area contributed by atoms with Crippen molar-refractivity contribution in [1.29, 1.82) is 0 Å². The molecular weight excluding hydrogens is 114 g/mol. The van der Waals surface area contributed by atoms with Gasteiger partial charge in [0.2, 0.25) is 0 Å². The molecule has 0 aliphatic carbocycles. The Balaban J connectivity index is 2.32. The van der Waals surface area contributed by atoms with Crippen LogP contribution in [0.25, 0.3) is 0 Å². The SMILES string of the molecule is CCC1COCC1CN. The van der Waals surface area contributed by atoms with Crippen molar-refractivity contribution in [2.24, 2.45) is 17.6 Å². The van der Waals surface area contributed by atoms with E-state index in [1.807, 2.05) is 0 Å². The van der Waals surface area contributed by atoms with E-state index in [4.69, 9.17) is 10.5 Å². The van der Waals surface area contributed by atoms with E-state index in [1.54, 1.807) is 0 Å². The van der Waals surface area contributed by atoms with Crippen LogP contribution in [-0.4, -0.2) is 19.8 Å². The summed E-state index contributed by atoms with van der Waals surface area (Å²) < 4.78 is 5.27. The Morgan fingerprint density at radius 3 is 2.56 bits per heavy atom. The maximum absolute atomic E-state index is 5.52. The third-order valence-corrected chi connectivity index (χ3v) is 2.16. The van der Waals surface area contributed by atoms with E-state index < -0.39 is 0 Å². The number of ether oxygens (including phenoxy) is 1. The molecular formula is C7H15NO. The van der Waals surface area contributed by atoms with Crippen molar-refractivity contribution < 1.29 is 4.74 Å². The zero-order valence-corrected chi connectivity index (χ0v) is 5.97. The average molecular weight is 129 g/mol. The number of hydrogen-bond acceptors (Lipinski definition) is 2. The van der Waals surface area contributed by atoms with Crippen molar-refractivity contribution in [3.05, 3.63) is 0 Å². The topological polar surface area (TPSA) is 35.2 Å². The van der Waals surface area contributed by atoms with Gasteiger partial charge in [0.1, 0.15) is 0 Å². The fourth-order valence-electron chi connectivity index (χ4n) is 1.35. The second-order valence-electron chi connectivity index (χ2n) is 2.70. The van der Waals surface area contributed by atoms with Gasteiger partial charge in [-0.25, -0.2) is 0 Å². The Morgan fingerprint density at radius 2 is 2.11 bits per heavy atom. The molecule has 2 atom stereocenters. The van der Waals surface area contributed by atoms with E-state index in [2.05, 4.69) is 6.92 Å². The summed E-state index contributed by atoms with van der Waals surface area (Å²) in [6, 6.07) is 0. The third kappa shape index (κ3) is 1.43. The number of nitrogens with two attached hydrogens (primary N) is 1. The third-order valence-electron chi connectivity index (χ3n) is 2.16. The zero-order chi connectivity index (χ0) is 6.69. The molecule has 2 heteroatoms. The quantitative estimate of drug-likeness (QED) is 0.593. The van der Waals surface area contributed by atoms with Crippen LogP contribution in [0.3, 0.4) is 0 Å². The summed E-state index contributed by atoms with van der Waals surface area (Å²) in [5, 5.41) is 0. The molecule has 9 heavy (non-hydrogen) atoms. The minimum Gasteiger partial charge on any atom is -0.381 e. The molecule has 1 rings (SSSR count). The molecule has 0 spiro atoms. The normalized spacial score (nSPS) is 35.3. The Morgan fingerprint density at radius 1 is 1.44 bits per heavy atom. The molecule has 2 unspecified atom stereocenters. The highest BCUT2D eigenvalue weighted by Gasteiger charge is 2.24. The molecule has 54 valence electrons. The minimum absolute atomic E-state index is 0.634. The summed E-state index contributed by atoms with van der Waals surface area (Å²) in [5.74, 6) is 1.37. The standard InChI is InChI=1S/C7H15NO/c1-2-6-4-9-5-7(6)3-8/h6-7H,2-5,8H2,1H3. The summed E-state index contributed by atoms with van der Waals surface area (Å²) in [5.41, 5.74) is 5.52. The monoisotopic (exact) mass is 129 g/mol. The summed E-state index contributed by atoms with van der Waals surface area (Å²) in [6.45, 7) is 4.80. The van der Waals surface area contributed by atoms with Crippen molar-refractivity contribution in [3.8, 4) is 0 Å². The predicted octanol–water partition coefficient (Wildman–Crippen LogP) is 0.618. The fraction of sp³-hybridized carbons (Fsp3) is 1.00. The van der Waals surface area contributed by atoms with E-state index in [0.29, 0.717) is 5.92 Å². The molecule has 1 heterocycles. The number of hydrogen-bond donors (Lipinski definition) is 1. The van der Waals surface area contributed by atoms with Gasteiger partial charge in [0.05, 0.1) is 6.61 Å². The fourth-order valence-corrected chi connectivity index (χ4v) is 1.35. The average Bonchev–Trinajstić information content (AvgIpc) is 2.33. The van der Waals surface area contributed by atoms with Crippen molar-refractivity contribution in [3.63, 3.8) is 0 Å². The van der Waals surface area contributed by atoms with Gasteiger partial charge >= 0.3 is 0 Å². The number of rotatable bonds is 2. The lowest BCUT2D eigenvalue weighted by molar-refractivity contribution is 0.180. The summed E-state index contributed by atoms with van der Waals surface area (Å²) in [4.78, 5) is 0. The first kappa shape index (κ1) is 7.03. The first-order valence-electron chi connectivity index (χ1n) is 3.66. The summed E-state index contributed by atoms with van der Waals surface area (Å²) in [7, 11) is 0. The van der Waals surface area contributed by atoms with Crippen LogP contribution in [0.1, 0.15) is 13.3 Å². The molecule has 1 saturated heterocycles. The van der Waals surface area contributed by atoms with E-state index in [1.165, 1.54) is 6.42 Å². The molecule has 1 aliphatic heterocycles. The lowest BCUT2D eigenvalue weighted by atomic mass is 9.94. The molecule has 0 saturated carbocycles. The van der Waals surface area contributed by atoms with E-state index in [-0.39, 0.29) is 0 Å². The molecule has 0 amide bonds. The molecule has 0 radical (unpaired) electrons. The van der Waals surface area contributed by atoms with E-state index in [0.717, 1.165) is 25.7 Å². The van der Waals surface area contributed by atoms with E-state index in [9.17, 15) is 0 Å². The van der Waals surface area contributed by atoms with Crippen LogP contribution in [0.5, 0.6) is 0 Å². The van der Waals surface area contributed by atoms with Crippen LogP contribution in [-0.2, 0) is 4.74 Å². The van der Waals surface area contributed by atoms with Gasteiger partial charge in [-0.2, -0.15) is 0 Å². The minimum atomic E-state index is 0.634. The van der Waals surface area contributed by atoms with E-state index >= 15 is 0 Å². The molecule has 0 aromatic rings. The van der Waals surface area contributed by atoms with Gasteiger partial charge in [0.15, 0.2) is 0 Å². The van der Waals surface area contributed by atoms with Crippen molar-refractivity contribution in [2.75, 3.05) is 19.8 Å². The molecule has 2 nitrogen and oxygen atoms in total. The lowest BCUT2D eigenvalue weighted by Gasteiger charge is -2.11. The Labute approximate surface area is 56.4 Å². The predicted molar refractivity (Wildman–Crippen MR) is 37.1 cm³/mol. The smallest absolute Gasteiger partial charge is 0.0509 e. The van der Waals surface area contributed by atoms with Crippen LogP contribution < -0.4 is 5.73 Å². The molecule has 1 aliphatic rings. The van der Waals surface area contributed by atoms with Gasteiger partial charge in [-0.3, -0.25) is 0 Å². The maximum Gasteiger partial charge on any atom is 0.0509 e. The Hall–Kier alpha value is -0.0800. The molecule has 1 fully saturated rings. The van der Waals surface area contributed by atoms with Crippen LogP contribution >= 0.6 is 0 Å². The highest BCUT2D eigenvalue weighted by atomic mass is 16.5. The van der Waals surface area contributed by atoms with Gasteiger partial charge in [0.25, 0.3) is 0 Å². The van der Waals surface area contributed by atoms with Gasteiger partial charge in [-0.1, -0.05) is 13.3 Å². The summed E-state index contributed by atoms with van der Waals surface area (Å²) >= 11 is 0. The van der Waals surface area contributed by atoms with Gasteiger partial charge in [-0.15, -0.1) is 0 Å². The van der Waals surface area contributed by atoms with Gasteiger partial charge < -0.3 is 10.5 Å². The molecule has 0 bridgehead atoms. The second kappa shape index (κ2) is 3.18. The molecule has 0 aromatic carbocycles. The lowest BCUT2D eigenvalue weighted by Crippen LogP contribution is -2.21. The first-order chi connectivity index (χ1) is 4.38. The van der Waals surface area contributed by atoms with Crippen LogP contribution in [0.2, 0.25) is 0 Å². The van der Waals surface area contributed by atoms with Crippen LogP contribution in [0, 0.1) is 11.8 Å². The second-order valence-corrected chi connectivity index (χ2v) is 2.70. The van der Waals surface area contributed by atoms with Gasteiger partial charge in [0, 0.05) is 6.61 Å². The van der Waals surface area contributed by atoms with Crippen molar-refractivity contribution >= 4 is 0 Å².